The van der Waals surface area contributed by atoms with Crippen LogP contribution in [-0.2, 0) is 5.54 Å². The van der Waals surface area contributed by atoms with Crippen molar-refractivity contribution in [1.29, 1.82) is 0 Å². The molecular formula is C25H30N8O2. The predicted octanol–water partition coefficient (Wildman–Crippen LogP) is 2.31. The standard InChI is InChI=1S/C25H30N8O2/c1-30-9-11-32(12-10-30)22(34)17-5-6-20(26-14-17)28-24-27-15-18-13-19-23(35)31(2)16-25(7-3-4-8-25)33(19)21(18)29-24/h5-6,13-15H,3-4,7-12,16H2,1-2H3,(H,26,27,28,29). The molecule has 182 valence electrons. The molecule has 1 saturated carbocycles. The van der Waals surface area contributed by atoms with E-state index < -0.39 is 0 Å². The molecule has 0 aromatic carbocycles. The number of rotatable bonds is 3. The summed E-state index contributed by atoms with van der Waals surface area (Å²) < 4.78 is 2.16. The summed E-state index contributed by atoms with van der Waals surface area (Å²) in [5, 5.41) is 4.03. The zero-order valence-electron chi connectivity index (χ0n) is 20.2. The molecule has 10 heteroatoms. The van der Waals surface area contributed by atoms with Gasteiger partial charge in [-0.15, -0.1) is 0 Å². The van der Waals surface area contributed by atoms with Crippen molar-refractivity contribution in [2.45, 2.75) is 31.2 Å². The molecule has 1 aliphatic carbocycles. The first-order valence-corrected chi connectivity index (χ1v) is 12.3. The lowest BCUT2D eigenvalue weighted by atomic mass is 9.93. The normalized spacial score (nSPS) is 20.0. The minimum absolute atomic E-state index is 0.00568. The number of nitrogens with one attached hydrogen (secondary N) is 1. The number of nitrogens with zero attached hydrogens (tertiary/aromatic N) is 7. The van der Waals surface area contributed by atoms with E-state index in [9.17, 15) is 9.59 Å². The molecule has 0 unspecified atom stereocenters. The SMILES string of the molecule is CN1CCN(C(=O)c2ccc(Nc3ncc4cc5n(c4n3)C3(CCCC3)CN(C)C5=O)nc2)CC1. The van der Waals surface area contributed by atoms with E-state index in [4.69, 9.17) is 4.98 Å². The molecule has 3 aromatic rings. The smallest absolute Gasteiger partial charge is 0.270 e. The van der Waals surface area contributed by atoms with Gasteiger partial charge in [-0.2, -0.15) is 4.98 Å². The molecule has 1 N–H and O–H groups in total. The maximum atomic E-state index is 12.9. The molecule has 0 atom stereocenters. The molecule has 35 heavy (non-hydrogen) atoms. The molecule has 10 nitrogen and oxygen atoms in total. The molecule has 3 aliphatic rings. The van der Waals surface area contributed by atoms with Crippen LogP contribution < -0.4 is 5.32 Å². The van der Waals surface area contributed by atoms with Gasteiger partial charge in [-0.05, 0) is 38.1 Å². The number of carbonyl (C=O) groups excluding carboxylic acids is 2. The van der Waals surface area contributed by atoms with Gasteiger partial charge in [-0.25, -0.2) is 9.97 Å². The van der Waals surface area contributed by atoms with Crippen LogP contribution in [0.5, 0.6) is 0 Å². The second-order valence-corrected chi connectivity index (χ2v) is 10.1. The van der Waals surface area contributed by atoms with Crippen molar-refractivity contribution >= 4 is 34.6 Å². The quantitative estimate of drug-likeness (QED) is 0.622. The third-order valence-electron chi connectivity index (χ3n) is 7.69. The summed E-state index contributed by atoms with van der Waals surface area (Å²) in [4.78, 5) is 45.3. The molecule has 2 fully saturated rings. The van der Waals surface area contributed by atoms with Crippen LogP contribution in [-0.4, -0.2) is 92.9 Å². The van der Waals surface area contributed by atoms with E-state index in [1.807, 2.05) is 22.9 Å². The van der Waals surface area contributed by atoms with E-state index in [2.05, 4.69) is 31.8 Å². The number of likely N-dealkylation sites (N-methyl/N-ethyl adjacent to an activating group) is 2. The number of pyridine rings is 1. The van der Waals surface area contributed by atoms with Gasteiger partial charge in [0, 0.05) is 57.6 Å². The van der Waals surface area contributed by atoms with Crippen molar-refractivity contribution in [2.24, 2.45) is 0 Å². The van der Waals surface area contributed by atoms with E-state index in [1.165, 1.54) is 0 Å². The molecule has 6 rings (SSSR count). The van der Waals surface area contributed by atoms with Crippen LogP contribution in [0.25, 0.3) is 11.0 Å². The summed E-state index contributed by atoms with van der Waals surface area (Å²) in [6.07, 6.45) is 7.75. The number of anilines is 2. The second kappa shape index (κ2) is 8.30. The van der Waals surface area contributed by atoms with Crippen molar-refractivity contribution < 1.29 is 9.59 Å². The summed E-state index contributed by atoms with van der Waals surface area (Å²) in [5.41, 5.74) is 1.94. The fraction of sp³-hybridized carbons (Fsp3) is 0.480. The zero-order valence-corrected chi connectivity index (χ0v) is 20.2. The first kappa shape index (κ1) is 22.0. The van der Waals surface area contributed by atoms with Crippen LogP contribution in [0, 0.1) is 0 Å². The summed E-state index contributed by atoms with van der Waals surface area (Å²) in [6, 6.07) is 5.48. The van der Waals surface area contributed by atoms with Crippen molar-refractivity contribution in [1.82, 2.24) is 34.2 Å². The number of hydrogen-bond acceptors (Lipinski definition) is 7. The average molecular weight is 475 g/mol. The minimum atomic E-state index is -0.102. The van der Waals surface area contributed by atoms with Crippen LogP contribution in [0.15, 0.2) is 30.6 Å². The van der Waals surface area contributed by atoms with Gasteiger partial charge in [0.15, 0.2) is 0 Å². The number of amides is 2. The number of aromatic nitrogens is 4. The molecule has 0 bridgehead atoms. The highest BCUT2D eigenvalue weighted by atomic mass is 16.2. The monoisotopic (exact) mass is 474 g/mol. The first-order chi connectivity index (χ1) is 16.9. The fourth-order valence-corrected chi connectivity index (χ4v) is 5.78. The van der Waals surface area contributed by atoms with Crippen LogP contribution in [0.4, 0.5) is 11.8 Å². The van der Waals surface area contributed by atoms with Crippen LogP contribution in [0.3, 0.4) is 0 Å². The van der Waals surface area contributed by atoms with E-state index in [1.54, 1.807) is 24.5 Å². The van der Waals surface area contributed by atoms with Crippen molar-refractivity contribution in [2.75, 3.05) is 52.1 Å². The first-order valence-electron chi connectivity index (χ1n) is 12.3. The number of piperazine rings is 1. The fourth-order valence-electron chi connectivity index (χ4n) is 5.78. The highest BCUT2D eigenvalue weighted by Gasteiger charge is 2.45. The van der Waals surface area contributed by atoms with Gasteiger partial charge < -0.3 is 24.6 Å². The second-order valence-electron chi connectivity index (χ2n) is 10.1. The van der Waals surface area contributed by atoms with Gasteiger partial charge in [0.2, 0.25) is 5.95 Å². The Bertz CT molecular complexity index is 1290. The lowest BCUT2D eigenvalue weighted by molar-refractivity contribution is 0.0625. The molecule has 5 heterocycles. The molecule has 3 aromatic heterocycles. The van der Waals surface area contributed by atoms with Gasteiger partial charge in [0.25, 0.3) is 11.8 Å². The van der Waals surface area contributed by atoms with Crippen molar-refractivity contribution in [3.63, 3.8) is 0 Å². The predicted molar refractivity (Wildman–Crippen MR) is 132 cm³/mol. The van der Waals surface area contributed by atoms with Gasteiger partial charge in [0.05, 0.1) is 11.1 Å². The maximum absolute atomic E-state index is 12.9. The summed E-state index contributed by atoms with van der Waals surface area (Å²) >= 11 is 0. The number of hydrogen-bond donors (Lipinski definition) is 1. The third-order valence-corrected chi connectivity index (χ3v) is 7.69. The minimum Gasteiger partial charge on any atom is -0.338 e. The maximum Gasteiger partial charge on any atom is 0.270 e. The Morgan fingerprint density at radius 1 is 1.03 bits per heavy atom. The molecule has 2 amide bonds. The Hall–Kier alpha value is -3.53. The van der Waals surface area contributed by atoms with Gasteiger partial charge in [-0.1, -0.05) is 12.8 Å². The molecule has 1 saturated heterocycles. The van der Waals surface area contributed by atoms with Gasteiger partial charge in [0.1, 0.15) is 17.2 Å². The van der Waals surface area contributed by atoms with Crippen LogP contribution in [0.1, 0.15) is 46.5 Å². The number of carbonyl (C=O) groups is 2. The van der Waals surface area contributed by atoms with Crippen molar-refractivity contribution in [3.05, 3.63) is 41.9 Å². The topological polar surface area (TPSA) is 99.5 Å². The summed E-state index contributed by atoms with van der Waals surface area (Å²) in [5.74, 6) is 1.02. The lowest BCUT2D eigenvalue weighted by Crippen LogP contribution is -2.50. The van der Waals surface area contributed by atoms with Gasteiger partial charge in [-0.3, -0.25) is 9.59 Å². The van der Waals surface area contributed by atoms with Crippen LogP contribution in [0.2, 0.25) is 0 Å². The van der Waals surface area contributed by atoms with E-state index in [0.29, 0.717) is 29.6 Å². The Labute approximate surface area is 203 Å². The third kappa shape index (κ3) is 3.72. The molecule has 1 spiro atoms. The Kier molecular flexibility index (Phi) is 5.21. The Balaban J connectivity index is 1.26. The summed E-state index contributed by atoms with van der Waals surface area (Å²) in [7, 11) is 3.95. The highest BCUT2D eigenvalue weighted by molar-refractivity contribution is 5.99. The Morgan fingerprint density at radius 3 is 2.51 bits per heavy atom. The number of fused-ring (bicyclic) bond motifs is 4. The summed E-state index contributed by atoms with van der Waals surface area (Å²) in [6.45, 7) is 3.92. The highest BCUT2D eigenvalue weighted by Crippen LogP contribution is 2.43. The lowest BCUT2D eigenvalue weighted by Gasteiger charge is -2.41. The van der Waals surface area contributed by atoms with E-state index >= 15 is 0 Å². The van der Waals surface area contributed by atoms with E-state index in [-0.39, 0.29) is 17.4 Å². The Morgan fingerprint density at radius 2 is 1.80 bits per heavy atom. The van der Waals surface area contributed by atoms with Crippen molar-refractivity contribution in [3.8, 4) is 0 Å². The zero-order chi connectivity index (χ0) is 24.2. The molecular weight excluding hydrogens is 444 g/mol. The largest absolute Gasteiger partial charge is 0.338 e. The van der Waals surface area contributed by atoms with Crippen LogP contribution >= 0.6 is 0 Å². The van der Waals surface area contributed by atoms with E-state index in [0.717, 1.165) is 62.9 Å². The average Bonchev–Trinajstić information content (AvgIpc) is 3.48. The molecule has 2 aliphatic heterocycles. The molecule has 0 radical (unpaired) electrons. The van der Waals surface area contributed by atoms with Gasteiger partial charge >= 0.3 is 0 Å².